The van der Waals surface area contributed by atoms with Crippen LogP contribution in [0.15, 0.2) is 129 Å². The number of thioether (sulfide) groups is 1. The second-order valence-corrected chi connectivity index (χ2v) is 19.7. The van der Waals surface area contributed by atoms with Crippen LogP contribution in [0.1, 0.15) is 70.9 Å². The molecule has 13 heteroatoms. The maximum atomic E-state index is 11.6. The van der Waals surface area contributed by atoms with E-state index in [4.69, 9.17) is 12.2 Å². The number of aliphatic imine (C=N–C) groups is 1. The Morgan fingerprint density at radius 2 is 1.50 bits per heavy atom. The molecule has 0 atom stereocenters. The largest absolute Gasteiger partial charge is 0.344 e. The molecule has 1 aliphatic carbocycles. The molecule has 3 aliphatic rings. The van der Waals surface area contributed by atoms with Gasteiger partial charge in [0.1, 0.15) is 6.54 Å². The molecule has 9 nitrogen and oxygen atoms in total. The van der Waals surface area contributed by atoms with E-state index in [0.29, 0.717) is 13.1 Å². The second-order valence-electron chi connectivity index (χ2n) is 15.3. The van der Waals surface area contributed by atoms with Gasteiger partial charge in [-0.3, -0.25) is 9.11 Å². The third kappa shape index (κ3) is 9.43. The monoisotopic (exact) mass is 830 g/mol. The quantitative estimate of drug-likeness (QED) is 0.0707. The maximum Gasteiger partial charge on any atom is 0.265 e. The lowest BCUT2D eigenvalue weighted by Crippen LogP contribution is -2.28. The van der Waals surface area contributed by atoms with Crippen molar-refractivity contribution in [3.8, 4) is 0 Å². The molecule has 0 amide bonds. The lowest BCUT2D eigenvalue weighted by Gasteiger charge is -2.27. The van der Waals surface area contributed by atoms with Crippen LogP contribution in [0.2, 0.25) is 0 Å². The van der Waals surface area contributed by atoms with Crippen LogP contribution in [-0.2, 0) is 31.1 Å². The number of hydrogen-bond donors (Lipinski definition) is 2. The van der Waals surface area contributed by atoms with Crippen LogP contribution in [0.3, 0.4) is 0 Å². The highest BCUT2D eigenvalue weighted by Gasteiger charge is 2.44. The Kier molecular flexibility index (Phi) is 12.6. The molecular formula is C43H48N3O6S4+. The minimum atomic E-state index is -4.09. The van der Waals surface area contributed by atoms with Gasteiger partial charge in [0.05, 0.1) is 27.8 Å². The number of benzene rings is 3. The van der Waals surface area contributed by atoms with Crippen LogP contribution < -0.4 is 4.90 Å². The Labute approximate surface area is 340 Å². The van der Waals surface area contributed by atoms with Crippen LogP contribution in [0, 0.1) is 0 Å². The third-order valence-electron chi connectivity index (χ3n) is 10.8. The van der Waals surface area contributed by atoms with Gasteiger partial charge in [0.2, 0.25) is 5.69 Å². The summed E-state index contributed by atoms with van der Waals surface area (Å²) in [6, 6.07) is 24.3. The number of rotatable bonds is 14. The van der Waals surface area contributed by atoms with E-state index in [1.165, 1.54) is 11.1 Å². The van der Waals surface area contributed by atoms with Crippen molar-refractivity contribution in [2.75, 3.05) is 29.5 Å². The van der Waals surface area contributed by atoms with Crippen molar-refractivity contribution in [1.82, 2.24) is 0 Å². The van der Waals surface area contributed by atoms with Crippen molar-refractivity contribution in [3.05, 3.63) is 130 Å². The fourth-order valence-corrected chi connectivity index (χ4v) is 10.2. The zero-order chi connectivity index (χ0) is 40.3. The molecule has 0 aromatic heterocycles. The molecular weight excluding hydrogens is 783 g/mol. The molecule has 3 aromatic rings. The SMILES string of the molecule is CC1(C)C(=CC=C2CCCC(C=CC3=[N+](CCCS(=O)(=O)O)c4ccccc4C3(C)C)=C2Sc2ccc(N=C=S)cc2)N(CCCS(=O)(=O)O)c2ccccc21. The summed E-state index contributed by atoms with van der Waals surface area (Å²) in [6.45, 7) is 9.62. The number of allylic oxidation sites excluding steroid dienone is 7. The van der Waals surface area contributed by atoms with Gasteiger partial charge in [0.15, 0.2) is 5.71 Å². The van der Waals surface area contributed by atoms with Gasteiger partial charge >= 0.3 is 0 Å². The fraction of sp³-hybridized carbons (Fsp3) is 0.349. The highest BCUT2D eigenvalue weighted by Crippen LogP contribution is 2.49. The highest BCUT2D eigenvalue weighted by molar-refractivity contribution is 8.03. The van der Waals surface area contributed by atoms with Crippen LogP contribution >= 0.6 is 24.0 Å². The summed E-state index contributed by atoms with van der Waals surface area (Å²) in [6.07, 6.45) is 12.0. The number of hydrogen-bond acceptors (Lipinski definition) is 8. The van der Waals surface area contributed by atoms with E-state index in [2.05, 4.69) is 95.9 Å². The molecule has 3 aromatic carbocycles. The molecule has 0 radical (unpaired) electrons. The number of isothiocyanates is 1. The van der Waals surface area contributed by atoms with E-state index >= 15 is 0 Å². The van der Waals surface area contributed by atoms with Gasteiger partial charge in [0.25, 0.3) is 20.2 Å². The average molecular weight is 831 g/mol. The minimum absolute atomic E-state index is 0.280. The Morgan fingerprint density at radius 3 is 2.20 bits per heavy atom. The fourth-order valence-electron chi connectivity index (χ4n) is 8.04. The molecule has 2 heterocycles. The summed E-state index contributed by atoms with van der Waals surface area (Å²) >= 11 is 6.52. The molecule has 2 aliphatic heterocycles. The van der Waals surface area contributed by atoms with Gasteiger partial charge in [-0.1, -0.05) is 74.2 Å². The van der Waals surface area contributed by atoms with Gasteiger partial charge in [-0.05, 0) is 105 Å². The summed E-state index contributed by atoms with van der Waals surface area (Å²) in [4.78, 5) is 8.50. The van der Waals surface area contributed by atoms with Crippen molar-refractivity contribution < 1.29 is 30.5 Å². The molecule has 0 unspecified atom stereocenters. The zero-order valence-corrected chi connectivity index (χ0v) is 35.4. The molecule has 0 fully saturated rings. The predicted molar refractivity (Wildman–Crippen MR) is 231 cm³/mol. The van der Waals surface area contributed by atoms with E-state index in [-0.39, 0.29) is 35.2 Å². The lowest BCUT2D eigenvalue weighted by atomic mass is 9.81. The van der Waals surface area contributed by atoms with Crippen LogP contribution in [0.5, 0.6) is 0 Å². The lowest BCUT2D eigenvalue weighted by molar-refractivity contribution is -0.437. The summed E-state index contributed by atoms with van der Waals surface area (Å²) in [5.41, 5.74) is 8.89. The number of anilines is 1. The highest BCUT2D eigenvalue weighted by atomic mass is 32.2. The zero-order valence-electron chi connectivity index (χ0n) is 32.1. The van der Waals surface area contributed by atoms with Crippen molar-refractivity contribution in [2.45, 2.75) is 75.5 Å². The number of fused-ring (bicyclic) bond motifs is 2. The van der Waals surface area contributed by atoms with E-state index in [9.17, 15) is 25.9 Å². The average Bonchev–Trinajstić information content (AvgIpc) is 3.48. The van der Waals surface area contributed by atoms with Crippen molar-refractivity contribution in [1.29, 1.82) is 0 Å². The summed E-state index contributed by atoms with van der Waals surface area (Å²) in [5.74, 6) is -0.625. The van der Waals surface area contributed by atoms with Crippen molar-refractivity contribution in [2.24, 2.45) is 4.99 Å². The minimum Gasteiger partial charge on any atom is -0.344 e. The Balaban J connectivity index is 1.44. The third-order valence-corrected chi connectivity index (χ3v) is 13.7. The van der Waals surface area contributed by atoms with E-state index in [1.807, 2.05) is 48.5 Å². The second kappa shape index (κ2) is 16.9. The summed E-state index contributed by atoms with van der Waals surface area (Å²) in [5, 5.41) is 2.43. The topological polar surface area (TPSA) is 127 Å². The first kappa shape index (κ1) is 41.7. The molecule has 2 N–H and O–H groups in total. The molecule has 0 spiro atoms. The molecule has 294 valence electrons. The standard InChI is InChI=1S/C43H47N3O6S4/c1-42(2)35-14-5-7-16-37(35)45(26-10-28-55(47,48)49)39(42)24-18-31-12-9-13-32(41(31)54-34-22-20-33(21-23-34)44-30-53)19-25-40-43(3,4)36-15-6-8-17-38(36)46(40)27-11-29-56(50,51)52/h5-8,14-25H,9-13,26-29H2,1-4H3,(H-,47,48,49,50,51,52)/p+1. The van der Waals surface area contributed by atoms with Crippen LogP contribution in [0.4, 0.5) is 17.1 Å². The van der Waals surface area contributed by atoms with E-state index in [0.717, 1.165) is 68.7 Å². The normalized spacial score (nSPS) is 19.2. The number of para-hydroxylation sites is 2. The smallest absolute Gasteiger partial charge is 0.265 e. The van der Waals surface area contributed by atoms with Gasteiger partial charge in [-0.25, -0.2) is 0 Å². The number of thiocarbonyl (C=S) groups is 1. The van der Waals surface area contributed by atoms with Gasteiger partial charge in [-0.2, -0.15) is 26.4 Å². The predicted octanol–water partition coefficient (Wildman–Crippen LogP) is 9.75. The van der Waals surface area contributed by atoms with E-state index in [1.54, 1.807) is 11.8 Å². The molecule has 56 heavy (non-hydrogen) atoms. The molecule has 0 saturated carbocycles. The Morgan fingerprint density at radius 1 is 0.839 bits per heavy atom. The first-order valence-electron chi connectivity index (χ1n) is 18.7. The van der Waals surface area contributed by atoms with Crippen molar-refractivity contribution in [3.63, 3.8) is 0 Å². The van der Waals surface area contributed by atoms with Gasteiger partial charge in [0, 0.05) is 57.3 Å². The maximum absolute atomic E-state index is 11.6. The first-order valence-corrected chi connectivity index (χ1v) is 23.1. The number of nitrogens with zero attached hydrogens (tertiary/aromatic N) is 3. The summed E-state index contributed by atoms with van der Waals surface area (Å²) in [7, 11) is -8.19. The first-order chi connectivity index (χ1) is 26.5. The molecule has 0 bridgehead atoms. The van der Waals surface area contributed by atoms with Crippen LogP contribution in [-0.4, -0.2) is 66.0 Å². The van der Waals surface area contributed by atoms with Gasteiger partial charge in [-0.15, -0.1) is 0 Å². The Hall–Kier alpha value is -3.94. The van der Waals surface area contributed by atoms with Crippen molar-refractivity contribution >= 4 is 72.2 Å². The summed E-state index contributed by atoms with van der Waals surface area (Å²) < 4.78 is 67.7. The van der Waals surface area contributed by atoms with Crippen LogP contribution in [0.25, 0.3) is 0 Å². The van der Waals surface area contributed by atoms with Gasteiger partial charge < -0.3 is 4.90 Å². The molecule has 0 saturated heterocycles. The molecule has 6 rings (SSSR count). The van der Waals surface area contributed by atoms with E-state index < -0.39 is 20.2 Å². The Bertz CT molecular complexity index is 2440.